The minimum absolute atomic E-state index is 0.0523. The number of carboxylic acid groups (broad SMARTS) is 1. The van der Waals surface area contributed by atoms with Crippen molar-refractivity contribution < 1.29 is 14.6 Å². The molecule has 2 aromatic rings. The van der Waals surface area contributed by atoms with Crippen LogP contribution in [0.3, 0.4) is 0 Å². The van der Waals surface area contributed by atoms with E-state index in [1.54, 1.807) is 12.1 Å². The number of carbonyl (C=O) groups is 1. The van der Waals surface area contributed by atoms with Crippen molar-refractivity contribution in [1.29, 1.82) is 0 Å². The molecule has 1 aliphatic rings. The van der Waals surface area contributed by atoms with Crippen molar-refractivity contribution >= 4 is 23.3 Å². The Hall–Kier alpha value is -2.66. The zero-order chi connectivity index (χ0) is 19.4. The van der Waals surface area contributed by atoms with Gasteiger partial charge in [0.05, 0.1) is 10.6 Å². The fraction of sp³-hybridized carbons (Fsp3) is 0.286. The van der Waals surface area contributed by atoms with Gasteiger partial charge in [0.1, 0.15) is 5.75 Å². The smallest absolute Gasteiger partial charge is 0.336 e. The lowest BCUT2D eigenvalue weighted by atomic mass is 10.0. The van der Waals surface area contributed by atoms with Crippen molar-refractivity contribution in [3.8, 4) is 16.9 Å². The summed E-state index contributed by atoms with van der Waals surface area (Å²) in [7, 11) is 0. The second-order valence-corrected chi connectivity index (χ2v) is 7.04. The molecule has 27 heavy (non-hydrogen) atoms. The normalized spacial score (nSPS) is 15.3. The Morgan fingerprint density at radius 3 is 2.37 bits per heavy atom. The summed E-state index contributed by atoms with van der Waals surface area (Å²) in [4.78, 5) is 13.3. The van der Waals surface area contributed by atoms with Gasteiger partial charge < -0.3 is 20.5 Å². The molecule has 0 unspecified atom stereocenters. The summed E-state index contributed by atoms with van der Waals surface area (Å²) in [6, 6.07) is 13.6. The predicted octanol–water partition coefficient (Wildman–Crippen LogP) is 4.65. The average Bonchev–Trinajstić information content (AvgIpc) is 2.68. The topological polar surface area (TPSA) is 75.8 Å². The molecule has 0 atom stereocenters. The van der Waals surface area contributed by atoms with Crippen molar-refractivity contribution in [2.45, 2.75) is 26.2 Å². The van der Waals surface area contributed by atoms with Gasteiger partial charge in [-0.25, -0.2) is 4.79 Å². The molecule has 0 saturated carbocycles. The van der Waals surface area contributed by atoms with Crippen LogP contribution in [0.2, 0.25) is 5.02 Å². The van der Waals surface area contributed by atoms with Crippen molar-refractivity contribution in [3.63, 3.8) is 0 Å². The van der Waals surface area contributed by atoms with E-state index in [0.717, 1.165) is 24.2 Å². The Labute approximate surface area is 164 Å². The van der Waals surface area contributed by atoms with Gasteiger partial charge in [0.25, 0.3) is 0 Å². The number of halogens is 1. The summed E-state index contributed by atoms with van der Waals surface area (Å²) in [5.74, 6) is -0.881. The van der Waals surface area contributed by atoms with Crippen molar-refractivity contribution in [1.82, 2.24) is 0 Å². The van der Waals surface area contributed by atoms with Crippen LogP contribution in [0.5, 0.6) is 5.75 Å². The molecule has 0 aliphatic carbocycles. The molecular formula is C21H23ClN2O3. The zero-order valence-electron chi connectivity index (χ0n) is 15.2. The Balaban J connectivity index is 1.77. The second-order valence-electron chi connectivity index (χ2n) is 6.63. The molecule has 0 aromatic heterocycles. The molecule has 142 valence electrons. The first kappa shape index (κ1) is 19.1. The summed E-state index contributed by atoms with van der Waals surface area (Å²) in [6.07, 6.45) is 3.80. The third kappa shape index (κ3) is 4.55. The lowest BCUT2D eigenvalue weighted by Gasteiger charge is -2.28. The lowest BCUT2D eigenvalue weighted by Crippen LogP contribution is -2.29. The molecule has 3 rings (SSSR count). The predicted molar refractivity (Wildman–Crippen MR) is 108 cm³/mol. The van der Waals surface area contributed by atoms with E-state index in [0.29, 0.717) is 10.8 Å². The van der Waals surface area contributed by atoms with E-state index in [4.69, 9.17) is 27.2 Å². The number of benzene rings is 2. The number of carboxylic acids is 1. The molecule has 5 nitrogen and oxygen atoms in total. The largest absolute Gasteiger partial charge is 0.478 e. The fourth-order valence-electron chi connectivity index (χ4n) is 3.11. The van der Waals surface area contributed by atoms with Gasteiger partial charge in [-0.1, -0.05) is 23.7 Å². The highest BCUT2D eigenvalue weighted by atomic mass is 35.5. The summed E-state index contributed by atoms with van der Waals surface area (Å²) in [5, 5.41) is 9.46. The molecule has 2 aromatic carbocycles. The highest BCUT2D eigenvalue weighted by molar-refractivity contribution is 6.33. The van der Waals surface area contributed by atoms with Crippen LogP contribution in [-0.4, -0.2) is 24.2 Å². The number of aliphatic carboxylic acids is 1. The van der Waals surface area contributed by atoms with Crippen LogP contribution in [0.25, 0.3) is 11.1 Å². The van der Waals surface area contributed by atoms with Crippen LogP contribution in [0.1, 0.15) is 26.2 Å². The lowest BCUT2D eigenvalue weighted by molar-refractivity contribution is -0.132. The number of hydrogen-bond acceptors (Lipinski definition) is 4. The van der Waals surface area contributed by atoms with Gasteiger partial charge in [0.2, 0.25) is 5.88 Å². The Morgan fingerprint density at radius 1 is 1.11 bits per heavy atom. The minimum atomic E-state index is -1.12. The van der Waals surface area contributed by atoms with E-state index < -0.39 is 5.97 Å². The van der Waals surface area contributed by atoms with E-state index in [1.807, 2.05) is 6.07 Å². The fourth-order valence-corrected chi connectivity index (χ4v) is 3.39. The average molecular weight is 387 g/mol. The second kappa shape index (κ2) is 8.35. The Morgan fingerprint density at radius 2 is 1.78 bits per heavy atom. The van der Waals surface area contributed by atoms with Crippen LogP contribution in [-0.2, 0) is 4.79 Å². The number of nitrogens with zero attached hydrogens (tertiary/aromatic N) is 1. The Bertz CT molecular complexity index is 856. The highest BCUT2D eigenvalue weighted by Crippen LogP contribution is 2.33. The van der Waals surface area contributed by atoms with Gasteiger partial charge in [-0.15, -0.1) is 0 Å². The van der Waals surface area contributed by atoms with Gasteiger partial charge in [-0.3, -0.25) is 0 Å². The molecule has 1 fully saturated rings. The SMILES string of the molecule is C/C(C(=O)O)=C(\N)Oc1ccc(-c2ccc(N3CCCCC3)cc2)c(Cl)c1. The molecule has 1 saturated heterocycles. The minimum Gasteiger partial charge on any atom is -0.478 e. The van der Waals surface area contributed by atoms with Crippen LogP contribution in [0.4, 0.5) is 5.69 Å². The monoisotopic (exact) mass is 386 g/mol. The summed E-state index contributed by atoms with van der Waals surface area (Å²) < 4.78 is 5.39. The van der Waals surface area contributed by atoms with Crippen LogP contribution in [0.15, 0.2) is 53.9 Å². The molecule has 0 spiro atoms. The van der Waals surface area contributed by atoms with Crippen molar-refractivity contribution in [2.24, 2.45) is 5.73 Å². The standard InChI is InChI=1S/C21H23ClN2O3/c1-14(21(25)26)20(23)27-17-9-10-18(19(22)13-17)15-5-7-16(8-6-15)24-11-3-2-4-12-24/h5-10,13H,2-4,11-12,23H2,1H3,(H,25,26)/b20-14-. The molecule has 1 aliphatic heterocycles. The number of anilines is 1. The van der Waals surface area contributed by atoms with Gasteiger partial charge in [-0.05, 0) is 56.0 Å². The van der Waals surface area contributed by atoms with Crippen LogP contribution < -0.4 is 15.4 Å². The summed E-state index contributed by atoms with van der Waals surface area (Å²) >= 11 is 6.41. The molecule has 3 N–H and O–H groups in total. The van der Waals surface area contributed by atoms with Crippen LogP contribution in [0, 0.1) is 0 Å². The van der Waals surface area contributed by atoms with Gasteiger partial charge in [0.15, 0.2) is 0 Å². The summed E-state index contributed by atoms with van der Waals surface area (Å²) in [6.45, 7) is 3.60. The molecule has 0 amide bonds. The highest BCUT2D eigenvalue weighted by Gasteiger charge is 2.13. The van der Waals surface area contributed by atoms with E-state index in [9.17, 15) is 4.79 Å². The first-order valence-corrected chi connectivity index (χ1v) is 9.36. The number of hydrogen-bond donors (Lipinski definition) is 2. The van der Waals surface area contributed by atoms with Gasteiger partial charge in [-0.2, -0.15) is 0 Å². The quantitative estimate of drug-likeness (QED) is 0.577. The van der Waals surface area contributed by atoms with E-state index >= 15 is 0 Å². The maximum atomic E-state index is 10.9. The van der Waals surface area contributed by atoms with Gasteiger partial charge >= 0.3 is 5.97 Å². The number of nitrogens with two attached hydrogens (primary N) is 1. The third-order valence-corrected chi connectivity index (χ3v) is 5.07. The molecule has 0 radical (unpaired) electrons. The van der Waals surface area contributed by atoms with E-state index in [-0.39, 0.29) is 11.5 Å². The first-order valence-electron chi connectivity index (χ1n) is 8.98. The van der Waals surface area contributed by atoms with E-state index in [1.165, 1.54) is 31.9 Å². The zero-order valence-corrected chi connectivity index (χ0v) is 16.0. The molecule has 1 heterocycles. The first-order chi connectivity index (χ1) is 13.0. The Kier molecular flexibility index (Phi) is 5.91. The number of rotatable bonds is 5. The number of ether oxygens (including phenoxy) is 1. The van der Waals surface area contributed by atoms with E-state index in [2.05, 4.69) is 29.2 Å². The molecule has 6 heteroatoms. The van der Waals surface area contributed by atoms with Crippen LogP contribution >= 0.6 is 11.6 Å². The molecule has 0 bridgehead atoms. The summed E-state index contributed by atoms with van der Waals surface area (Å²) in [5.41, 5.74) is 8.74. The maximum Gasteiger partial charge on any atom is 0.336 e. The van der Waals surface area contributed by atoms with Crippen molar-refractivity contribution in [3.05, 3.63) is 58.9 Å². The third-order valence-electron chi connectivity index (χ3n) is 4.76. The van der Waals surface area contributed by atoms with Gasteiger partial charge in [0, 0.05) is 30.4 Å². The molecular weight excluding hydrogens is 364 g/mol. The van der Waals surface area contributed by atoms with Crippen molar-refractivity contribution in [2.75, 3.05) is 18.0 Å². The number of piperidine rings is 1. The maximum absolute atomic E-state index is 10.9.